The minimum Gasteiger partial charge on any atom is -0.369 e. The van der Waals surface area contributed by atoms with Gasteiger partial charge in [0.15, 0.2) is 5.16 Å². The van der Waals surface area contributed by atoms with E-state index in [0.29, 0.717) is 26.8 Å². The van der Waals surface area contributed by atoms with Crippen LogP contribution in [0.1, 0.15) is 23.8 Å². The molecule has 0 saturated heterocycles. The number of rotatable bonds is 5. The third-order valence-electron chi connectivity index (χ3n) is 4.10. The van der Waals surface area contributed by atoms with Gasteiger partial charge in [-0.2, -0.15) is 0 Å². The van der Waals surface area contributed by atoms with Gasteiger partial charge in [0.25, 0.3) is 5.56 Å². The number of nitrogens with two attached hydrogens (primary N) is 1. The number of carbonyl (C=O) groups excluding carboxylic acids is 1. The van der Waals surface area contributed by atoms with E-state index in [1.165, 1.54) is 23.1 Å². The number of thioether (sulfide) groups is 1. The van der Waals surface area contributed by atoms with Gasteiger partial charge in [0.05, 0.1) is 10.6 Å². The maximum Gasteiger partial charge on any atom is 0.260 e. The SMILES string of the molecule is CCC(Sc1nc2sc(C)c(-c3ccc(Cl)c(C)c3)c2c(=O)[nH]1)C(N)=O. The van der Waals surface area contributed by atoms with Gasteiger partial charge in [-0.1, -0.05) is 36.4 Å². The van der Waals surface area contributed by atoms with E-state index in [1.54, 1.807) is 0 Å². The van der Waals surface area contributed by atoms with Crippen molar-refractivity contribution in [2.75, 3.05) is 0 Å². The molecule has 1 unspecified atom stereocenters. The number of amides is 1. The van der Waals surface area contributed by atoms with E-state index in [2.05, 4.69) is 9.97 Å². The van der Waals surface area contributed by atoms with E-state index in [1.807, 2.05) is 39.0 Å². The van der Waals surface area contributed by atoms with Gasteiger partial charge in [-0.3, -0.25) is 9.59 Å². The van der Waals surface area contributed by atoms with Crippen LogP contribution in [0.25, 0.3) is 21.3 Å². The molecule has 1 amide bonds. The maximum absolute atomic E-state index is 12.8. The van der Waals surface area contributed by atoms with Crippen molar-refractivity contribution in [3.63, 3.8) is 0 Å². The van der Waals surface area contributed by atoms with Crippen LogP contribution in [-0.2, 0) is 4.79 Å². The predicted octanol–water partition coefficient (Wildman–Crippen LogP) is 4.28. The molecule has 3 N–H and O–H groups in total. The van der Waals surface area contributed by atoms with Crippen LogP contribution in [0.15, 0.2) is 28.2 Å². The van der Waals surface area contributed by atoms with Crippen LogP contribution in [0.4, 0.5) is 0 Å². The van der Waals surface area contributed by atoms with Crippen molar-refractivity contribution in [3.05, 3.63) is 44.0 Å². The van der Waals surface area contributed by atoms with Crippen molar-refractivity contribution < 1.29 is 4.79 Å². The summed E-state index contributed by atoms with van der Waals surface area (Å²) in [4.78, 5) is 33.2. The Bertz CT molecular complexity index is 1060. The number of nitrogens with one attached hydrogen (secondary N) is 1. The molecule has 0 spiro atoms. The summed E-state index contributed by atoms with van der Waals surface area (Å²) in [5.74, 6) is -0.417. The molecule has 2 aromatic heterocycles. The fourth-order valence-corrected chi connectivity index (χ4v) is 4.85. The molecule has 5 nitrogen and oxygen atoms in total. The zero-order valence-electron chi connectivity index (χ0n) is 14.6. The van der Waals surface area contributed by atoms with Crippen LogP contribution in [0.2, 0.25) is 5.02 Å². The summed E-state index contributed by atoms with van der Waals surface area (Å²) in [6, 6.07) is 5.71. The van der Waals surface area contributed by atoms with Gasteiger partial charge in [-0.25, -0.2) is 4.98 Å². The van der Waals surface area contributed by atoms with E-state index in [-0.39, 0.29) is 5.56 Å². The predicted molar refractivity (Wildman–Crippen MR) is 109 cm³/mol. The number of nitrogens with zero attached hydrogens (tertiary/aromatic N) is 1. The molecule has 0 bridgehead atoms. The smallest absolute Gasteiger partial charge is 0.260 e. The summed E-state index contributed by atoms with van der Waals surface area (Å²) in [5.41, 5.74) is 7.93. The average Bonchev–Trinajstić information content (AvgIpc) is 2.91. The summed E-state index contributed by atoms with van der Waals surface area (Å²) in [7, 11) is 0. The number of aromatic nitrogens is 2. The standard InChI is InChI=1S/C18H18ClN3O2S2/c1-4-12(15(20)23)26-18-21-16(24)14-13(9(3)25-17(14)22-18)10-5-6-11(19)8(2)7-10/h5-7,12H,4H2,1-3H3,(H2,20,23)(H,21,22,24). The number of hydrogen-bond donors (Lipinski definition) is 2. The minimum atomic E-state index is -0.421. The summed E-state index contributed by atoms with van der Waals surface area (Å²) < 4.78 is 0. The molecule has 0 aliphatic carbocycles. The molecule has 0 aliphatic rings. The van der Waals surface area contributed by atoms with Crippen LogP contribution in [0.3, 0.4) is 0 Å². The number of H-pyrrole nitrogens is 1. The Morgan fingerprint density at radius 3 is 2.77 bits per heavy atom. The number of hydrogen-bond acceptors (Lipinski definition) is 5. The second-order valence-electron chi connectivity index (χ2n) is 5.97. The summed E-state index contributed by atoms with van der Waals surface area (Å²) >= 11 is 8.77. The number of thiophene rings is 1. The Labute approximate surface area is 164 Å². The zero-order valence-corrected chi connectivity index (χ0v) is 16.9. The summed E-state index contributed by atoms with van der Waals surface area (Å²) in [5, 5.41) is 1.24. The fourth-order valence-electron chi connectivity index (χ4n) is 2.78. The molecule has 136 valence electrons. The lowest BCUT2D eigenvalue weighted by Crippen LogP contribution is -2.25. The van der Waals surface area contributed by atoms with E-state index in [0.717, 1.165) is 21.6 Å². The number of fused-ring (bicyclic) bond motifs is 1. The molecular weight excluding hydrogens is 390 g/mol. The topological polar surface area (TPSA) is 88.8 Å². The first-order valence-electron chi connectivity index (χ1n) is 8.07. The van der Waals surface area contributed by atoms with Crippen LogP contribution in [-0.4, -0.2) is 21.1 Å². The molecule has 0 saturated carbocycles. The van der Waals surface area contributed by atoms with Crippen molar-refractivity contribution >= 4 is 50.8 Å². The molecule has 3 rings (SSSR count). The van der Waals surface area contributed by atoms with Gasteiger partial charge in [0.2, 0.25) is 5.91 Å². The Kier molecular flexibility index (Phi) is 5.41. The largest absolute Gasteiger partial charge is 0.369 e. The number of carbonyl (C=O) groups is 1. The van der Waals surface area contributed by atoms with Crippen LogP contribution in [0.5, 0.6) is 0 Å². The number of benzene rings is 1. The number of primary amides is 1. The average molecular weight is 408 g/mol. The second kappa shape index (κ2) is 7.42. The molecule has 3 aromatic rings. The van der Waals surface area contributed by atoms with Gasteiger partial charge < -0.3 is 10.7 Å². The minimum absolute atomic E-state index is 0.219. The van der Waals surface area contributed by atoms with E-state index >= 15 is 0 Å². The van der Waals surface area contributed by atoms with E-state index in [4.69, 9.17) is 17.3 Å². The normalized spacial score (nSPS) is 12.5. The van der Waals surface area contributed by atoms with Crippen molar-refractivity contribution in [2.45, 2.75) is 37.6 Å². The maximum atomic E-state index is 12.8. The second-order valence-corrected chi connectivity index (χ2v) is 8.77. The van der Waals surface area contributed by atoms with E-state index in [9.17, 15) is 9.59 Å². The summed E-state index contributed by atoms with van der Waals surface area (Å²) in [6.45, 7) is 5.77. The highest BCUT2D eigenvalue weighted by Crippen LogP contribution is 2.37. The molecule has 1 aromatic carbocycles. The highest BCUT2D eigenvalue weighted by molar-refractivity contribution is 8.00. The number of halogens is 1. The van der Waals surface area contributed by atoms with Gasteiger partial charge in [0, 0.05) is 15.5 Å². The van der Waals surface area contributed by atoms with Gasteiger partial charge in [0.1, 0.15) is 4.83 Å². The molecular formula is C18H18ClN3O2S2. The Morgan fingerprint density at radius 1 is 1.42 bits per heavy atom. The van der Waals surface area contributed by atoms with Gasteiger partial charge >= 0.3 is 0 Å². The van der Waals surface area contributed by atoms with Crippen LogP contribution in [0, 0.1) is 13.8 Å². The van der Waals surface area contributed by atoms with Crippen LogP contribution < -0.4 is 11.3 Å². The lowest BCUT2D eigenvalue weighted by atomic mass is 10.0. The molecule has 0 radical (unpaired) electrons. The van der Waals surface area contributed by atoms with Crippen LogP contribution >= 0.6 is 34.7 Å². The molecule has 0 fully saturated rings. The lowest BCUT2D eigenvalue weighted by Gasteiger charge is -2.09. The Balaban J connectivity index is 2.13. The number of aromatic amines is 1. The molecule has 8 heteroatoms. The molecule has 1 atom stereocenters. The zero-order chi connectivity index (χ0) is 19.0. The summed E-state index contributed by atoms with van der Waals surface area (Å²) in [6.07, 6.45) is 0.570. The Morgan fingerprint density at radius 2 is 2.15 bits per heavy atom. The first-order chi connectivity index (χ1) is 12.3. The Hall–Kier alpha value is -1.83. The van der Waals surface area contributed by atoms with Crippen molar-refractivity contribution in [1.29, 1.82) is 0 Å². The van der Waals surface area contributed by atoms with Crippen molar-refractivity contribution in [2.24, 2.45) is 5.73 Å². The van der Waals surface area contributed by atoms with Crippen molar-refractivity contribution in [3.8, 4) is 11.1 Å². The quantitative estimate of drug-likeness (QED) is 0.488. The van der Waals surface area contributed by atoms with Gasteiger partial charge in [-0.05, 0) is 43.5 Å². The number of aryl methyl sites for hydroxylation is 2. The van der Waals surface area contributed by atoms with Crippen molar-refractivity contribution in [1.82, 2.24) is 9.97 Å². The lowest BCUT2D eigenvalue weighted by molar-refractivity contribution is -0.117. The monoisotopic (exact) mass is 407 g/mol. The third kappa shape index (κ3) is 3.51. The first-order valence-corrected chi connectivity index (χ1v) is 10.1. The first kappa shape index (κ1) is 18.9. The van der Waals surface area contributed by atoms with E-state index < -0.39 is 11.2 Å². The highest BCUT2D eigenvalue weighted by Gasteiger charge is 2.20. The molecule has 0 aliphatic heterocycles. The third-order valence-corrected chi connectivity index (χ3v) is 6.79. The molecule has 26 heavy (non-hydrogen) atoms. The molecule has 2 heterocycles. The highest BCUT2D eigenvalue weighted by atomic mass is 35.5. The van der Waals surface area contributed by atoms with Gasteiger partial charge in [-0.15, -0.1) is 11.3 Å². The fraction of sp³-hybridized carbons (Fsp3) is 0.278.